The minimum atomic E-state index is 0.0938. The Hall–Kier alpha value is -1.39. The molecule has 2 atom stereocenters. The number of carbonyl (C=O) groups excluding carboxylic acids is 1. The van der Waals surface area contributed by atoms with Crippen LogP contribution in [0.25, 0.3) is 0 Å². The minimum Gasteiger partial charge on any atom is -0.378 e. The molecule has 2 aliphatic rings. The lowest BCUT2D eigenvalue weighted by atomic mass is 9.97. The van der Waals surface area contributed by atoms with Crippen molar-refractivity contribution in [1.29, 1.82) is 0 Å². The zero-order valence-electron chi connectivity index (χ0n) is 11.9. The third-order valence-corrected chi connectivity index (χ3v) is 4.13. The van der Waals surface area contributed by atoms with E-state index < -0.39 is 0 Å². The average molecular weight is 274 g/mol. The number of rotatable bonds is 5. The van der Waals surface area contributed by atoms with Crippen molar-refractivity contribution in [1.82, 2.24) is 5.32 Å². The first-order valence-electron chi connectivity index (χ1n) is 7.54. The molecule has 4 heteroatoms. The molecule has 1 amide bonds. The second-order valence-corrected chi connectivity index (χ2v) is 5.62. The first kappa shape index (κ1) is 13.6. The quantitative estimate of drug-likeness (QED) is 0.867. The summed E-state index contributed by atoms with van der Waals surface area (Å²) in [6, 6.07) is 6.61. The Bertz CT molecular complexity index is 495. The highest BCUT2D eigenvalue weighted by Crippen LogP contribution is 2.30. The fourth-order valence-electron chi connectivity index (χ4n) is 3.14. The Morgan fingerprint density at radius 2 is 2.40 bits per heavy atom. The maximum Gasteiger partial charge on any atom is 0.228 e. The van der Waals surface area contributed by atoms with E-state index in [1.807, 2.05) is 6.07 Å². The van der Waals surface area contributed by atoms with Crippen LogP contribution < -0.4 is 10.6 Å². The zero-order chi connectivity index (χ0) is 13.9. The van der Waals surface area contributed by atoms with Gasteiger partial charge in [-0.15, -0.1) is 0 Å². The van der Waals surface area contributed by atoms with Gasteiger partial charge in [-0.25, -0.2) is 0 Å². The van der Waals surface area contributed by atoms with Crippen LogP contribution in [0.5, 0.6) is 0 Å². The van der Waals surface area contributed by atoms with Gasteiger partial charge in [-0.2, -0.15) is 0 Å². The Kier molecular flexibility index (Phi) is 4.03. The number of nitrogens with one attached hydrogen (secondary N) is 2. The first-order chi connectivity index (χ1) is 9.76. The van der Waals surface area contributed by atoms with Crippen molar-refractivity contribution < 1.29 is 9.53 Å². The van der Waals surface area contributed by atoms with Gasteiger partial charge in [0.15, 0.2) is 0 Å². The summed E-state index contributed by atoms with van der Waals surface area (Å²) >= 11 is 0. The van der Waals surface area contributed by atoms with Crippen molar-refractivity contribution in [2.24, 2.45) is 0 Å². The predicted molar refractivity (Wildman–Crippen MR) is 78.8 cm³/mol. The highest BCUT2D eigenvalue weighted by atomic mass is 16.5. The molecule has 4 nitrogen and oxygen atoms in total. The molecule has 0 aliphatic carbocycles. The maximum atomic E-state index is 11.4. The topological polar surface area (TPSA) is 50.4 Å². The summed E-state index contributed by atoms with van der Waals surface area (Å²) in [4.78, 5) is 11.4. The van der Waals surface area contributed by atoms with E-state index in [-0.39, 0.29) is 5.91 Å². The summed E-state index contributed by atoms with van der Waals surface area (Å²) in [5.74, 6) is 0.0938. The molecular weight excluding hydrogens is 252 g/mol. The van der Waals surface area contributed by atoms with Crippen molar-refractivity contribution in [3.05, 3.63) is 29.3 Å². The van der Waals surface area contributed by atoms with Crippen LogP contribution >= 0.6 is 0 Å². The van der Waals surface area contributed by atoms with Gasteiger partial charge < -0.3 is 15.4 Å². The summed E-state index contributed by atoms with van der Waals surface area (Å²) in [7, 11) is 0. The molecule has 0 spiro atoms. The normalized spacial score (nSPS) is 22.6. The molecule has 2 N–H and O–H groups in total. The van der Waals surface area contributed by atoms with Crippen LogP contribution in [0.2, 0.25) is 0 Å². The maximum absolute atomic E-state index is 11.4. The largest absolute Gasteiger partial charge is 0.378 e. The molecule has 0 saturated carbocycles. The molecular formula is C16H22N2O2. The highest BCUT2D eigenvalue weighted by molar-refractivity contribution is 5.99. The third-order valence-electron chi connectivity index (χ3n) is 4.13. The van der Waals surface area contributed by atoms with Gasteiger partial charge in [-0.1, -0.05) is 19.1 Å². The third kappa shape index (κ3) is 2.86. The van der Waals surface area contributed by atoms with E-state index >= 15 is 0 Å². The van der Waals surface area contributed by atoms with Crippen LogP contribution in [0.1, 0.15) is 43.4 Å². The number of anilines is 1. The molecule has 1 aromatic rings. The average Bonchev–Trinajstić information content (AvgIpc) is 3.05. The fraction of sp³-hybridized carbons (Fsp3) is 0.562. The van der Waals surface area contributed by atoms with Gasteiger partial charge in [0, 0.05) is 18.3 Å². The number of benzene rings is 1. The molecule has 1 aromatic carbocycles. The number of hydrogen-bond donors (Lipinski definition) is 2. The molecule has 3 rings (SSSR count). The van der Waals surface area contributed by atoms with Gasteiger partial charge in [0.05, 0.1) is 12.5 Å². The van der Waals surface area contributed by atoms with Crippen molar-refractivity contribution >= 4 is 11.6 Å². The zero-order valence-corrected chi connectivity index (χ0v) is 11.9. The highest BCUT2D eigenvalue weighted by Gasteiger charge is 2.23. The van der Waals surface area contributed by atoms with E-state index in [9.17, 15) is 4.79 Å². The van der Waals surface area contributed by atoms with Gasteiger partial charge in [0.1, 0.15) is 0 Å². The Labute approximate surface area is 119 Å². The molecule has 1 saturated heterocycles. The molecule has 2 unspecified atom stereocenters. The van der Waals surface area contributed by atoms with E-state index in [0.29, 0.717) is 18.6 Å². The van der Waals surface area contributed by atoms with Crippen LogP contribution in [-0.4, -0.2) is 25.2 Å². The van der Waals surface area contributed by atoms with Gasteiger partial charge in [-0.3, -0.25) is 4.79 Å². The Morgan fingerprint density at radius 3 is 3.15 bits per heavy atom. The van der Waals surface area contributed by atoms with Crippen LogP contribution in [0.3, 0.4) is 0 Å². The smallest absolute Gasteiger partial charge is 0.228 e. The van der Waals surface area contributed by atoms with Gasteiger partial charge >= 0.3 is 0 Å². The van der Waals surface area contributed by atoms with E-state index in [1.165, 1.54) is 12.0 Å². The first-order valence-corrected chi connectivity index (χ1v) is 7.54. The van der Waals surface area contributed by atoms with Crippen LogP contribution in [-0.2, 0) is 16.0 Å². The van der Waals surface area contributed by atoms with Crippen molar-refractivity contribution in [3.8, 4) is 0 Å². The molecule has 0 bridgehead atoms. The van der Waals surface area contributed by atoms with Gasteiger partial charge in [-0.05, 0) is 43.0 Å². The predicted octanol–water partition coefficient (Wildman–Crippen LogP) is 2.40. The van der Waals surface area contributed by atoms with E-state index in [0.717, 1.165) is 37.2 Å². The van der Waals surface area contributed by atoms with Crippen LogP contribution in [0, 0.1) is 0 Å². The summed E-state index contributed by atoms with van der Waals surface area (Å²) in [6.07, 6.45) is 4.21. The van der Waals surface area contributed by atoms with Crippen LogP contribution in [0.15, 0.2) is 18.2 Å². The minimum absolute atomic E-state index is 0.0938. The molecule has 1 fully saturated rings. The number of amides is 1. The molecule has 108 valence electrons. The summed E-state index contributed by atoms with van der Waals surface area (Å²) in [5, 5.41) is 6.43. The molecule has 0 radical (unpaired) electrons. The lowest BCUT2D eigenvalue weighted by Gasteiger charge is -2.22. The second kappa shape index (κ2) is 5.94. The van der Waals surface area contributed by atoms with Crippen molar-refractivity contribution in [2.75, 3.05) is 18.5 Å². The lowest BCUT2D eigenvalue weighted by molar-refractivity contribution is -0.115. The number of ether oxygens (including phenoxy) is 1. The molecule has 20 heavy (non-hydrogen) atoms. The van der Waals surface area contributed by atoms with E-state index in [4.69, 9.17) is 4.74 Å². The SMILES string of the molecule is CCNC(CC1CCCO1)c1ccc2c(c1)CC(=O)N2. The fourth-order valence-corrected chi connectivity index (χ4v) is 3.14. The van der Waals surface area contributed by atoms with Gasteiger partial charge in [0.2, 0.25) is 5.91 Å². The summed E-state index contributed by atoms with van der Waals surface area (Å²) in [6.45, 7) is 3.96. The number of hydrogen-bond acceptors (Lipinski definition) is 3. The monoisotopic (exact) mass is 274 g/mol. The lowest BCUT2D eigenvalue weighted by Crippen LogP contribution is -2.25. The standard InChI is InChI=1S/C16H22N2O2/c1-2-17-15(10-13-4-3-7-20-13)11-5-6-14-12(8-11)9-16(19)18-14/h5-6,8,13,15,17H,2-4,7,9-10H2,1H3,(H,18,19). The number of carbonyl (C=O) groups is 1. The summed E-state index contributed by atoms with van der Waals surface area (Å²) in [5.41, 5.74) is 3.34. The number of fused-ring (bicyclic) bond motifs is 1. The van der Waals surface area contributed by atoms with Gasteiger partial charge in [0.25, 0.3) is 0 Å². The second-order valence-electron chi connectivity index (χ2n) is 5.62. The molecule has 0 aromatic heterocycles. The molecule has 2 heterocycles. The van der Waals surface area contributed by atoms with Crippen molar-refractivity contribution in [2.45, 2.75) is 44.8 Å². The summed E-state index contributed by atoms with van der Waals surface area (Å²) < 4.78 is 5.75. The van der Waals surface area contributed by atoms with E-state index in [1.54, 1.807) is 0 Å². The van der Waals surface area contributed by atoms with Crippen LogP contribution in [0.4, 0.5) is 5.69 Å². The molecule has 2 aliphatic heterocycles. The Morgan fingerprint density at radius 1 is 1.50 bits per heavy atom. The van der Waals surface area contributed by atoms with E-state index in [2.05, 4.69) is 29.7 Å². The van der Waals surface area contributed by atoms with Crippen molar-refractivity contribution in [3.63, 3.8) is 0 Å². The Balaban J connectivity index is 1.76.